The molecule has 6 nitrogen and oxygen atoms in total. The Hall–Kier alpha value is -3.02. The number of rotatable bonds is 9. The maximum absolute atomic E-state index is 12.6. The van der Waals surface area contributed by atoms with E-state index >= 15 is 0 Å². The first-order valence-corrected chi connectivity index (χ1v) is 8.38. The van der Waals surface area contributed by atoms with Crippen LogP contribution in [0.15, 0.2) is 48.5 Å². The molecule has 2 N–H and O–H groups in total. The minimum absolute atomic E-state index is 0.0606. The number of hydrogen-bond acceptors (Lipinski definition) is 4. The Labute approximate surface area is 152 Å². The van der Waals surface area contributed by atoms with Crippen molar-refractivity contribution in [2.45, 2.75) is 25.8 Å². The summed E-state index contributed by atoms with van der Waals surface area (Å²) in [6.07, 6.45) is 0.680. The second-order valence-corrected chi connectivity index (χ2v) is 5.78. The second kappa shape index (κ2) is 9.46. The molecule has 138 valence electrons. The molecular weight excluding hydrogens is 334 g/mol. The van der Waals surface area contributed by atoms with Crippen molar-refractivity contribution in [2.24, 2.45) is 0 Å². The first-order valence-electron chi connectivity index (χ1n) is 8.38. The van der Waals surface area contributed by atoms with Crippen LogP contribution in [0, 0.1) is 0 Å². The normalized spacial score (nSPS) is 11.5. The predicted molar refractivity (Wildman–Crippen MR) is 97.4 cm³/mol. The van der Waals surface area contributed by atoms with Crippen LogP contribution < -0.4 is 14.8 Å². The molecule has 2 aromatic carbocycles. The molecular formula is C20H23NO5. The lowest BCUT2D eigenvalue weighted by molar-refractivity contribution is -0.139. The summed E-state index contributed by atoms with van der Waals surface area (Å²) in [5.41, 5.74) is 1.77. The van der Waals surface area contributed by atoms with Gasteiger partial charge in [0, 0.05) is 6.54 Å². The Balaban J connectivity index is 1.97. The molecule has 1 unspecified atom stereocenters. The van der Waals surface area contributed by atoms with Crippen molar-refractivity contribution in [1.29, 1.82) is 0 Å². The standard InChI is InChI=1S/C20H23NO5/c1-3-18(15-7-9-16(25-2)10-8-15)20(24)21-12-14-5-4-6-17(11-14)26-13-19(22)23/h4-11,18H,3,12-13H2,1-2H3,(H,21,24)(H,22,23). The van der Waals surface area contributed by atoms with Gasteiger partial charge in [-0.05, 0) is 41.8 Å². The molecule has 0 aliphatic heterocycles. The van der Waals surface area contributed by atoms with Gasteiger partial charge in [0.15, 0.2) is 6.61 Å². The summed E-state index contributed by atoms with van der Waals surface area (Å²) in [6.45, 7) is 1.91. The van der Waals surface area contributed by atoms with E-state index in [0.717, 1.165) is 16.9 Å². The van der Waals surface area contributed by atoms with E-state index in [0.29, 0.717) is 18.7 Å². The number of amides is 1. The third-order valence-corrected chi connectivity index (χ3v) is 3.97. The molecule has 0 radical (unpaired) electrons. The maximum Gasteiger partial charge on any atom is 0.341 e. The van der Waals surface area contributed by atoms with Crippen LogP contribution in [0.2, 0.25) is 0 Å². The van der Waals surface area contributed by atoms with Crippen LogP contribution in [0.5, 0.6) is 11.5 Å². The first-order chi connectivity index (χ1) is 12.5. The molecule has 0 saturated carbocycles. The molecule has 0 aliphatic rings. The Bertz CT molecular complexity index is 742. The molecule has 0 fully saturated rings. The highest BCUT2D eigenvalue weighted by Gasteiger charge is 2.18. The molecule has 0 aromatic heterocycles. The lowest BCUT2D eigenvalue weighted by Gasteiger charge is -2.16. The van der Waals surface area contributed by atoms with E-state index in [1.165, 1.54) is 0 Å². The van der Waals surface area contributed by atoms with Crippen LogP contribution in [0.25, 0.3) is 0 Å². The van der Waals surface area contributed by atoms with E-state index in [4.69, 9.17) is 14.6 Å². The van der Waals surface area contributed by atoms with E-state index in [1.54, 1.807) is 25.3 Å². The Morgan fingerprint density at radius 1 is 1.12 bits per heavy atom. The lowest BCUT2D eigenvalue weighted by Crippen LogP contribution is -2.28. The minimum atomic E-state index is -1.03. The SMILES string of the molecule is CCC(C(=O)NCc1cccc(OCC(=O)O)c1)c1ccc(OC)cc1. The molecule has 1 amide bonds. The van der Waals surface area contributed by atoms with Gasteiger partial charge in [-0.25, -0.2) is 4.79 Å². The fourth-order valence-electron chi connectivity index (χ4n) is 2.61. The molecule has 1 atom stereocenters. The van der Waals surface area contributed by atoms with E-state index in [-0.39, 0.29) is 11.8 Å². The topological polar surface area (TPSA) is 84.9 Å². The summed E-state index contributed by atoms with van der Waals surface area (Å²) in [7, 11) is 1.60. The Kier molecular flexibility index (Phi) is 7.02. The molecule has 0 saturated heterocycles. The summed E-state index contributed by atoms with van der Waals surface area (Å²) < 4.78 is 10.3. The summed E-state index contributed by atoms with van der Waals surface area (Å²) >= 11 is 0. The fraction of sp³-hybridized carbons (Fsp3) is 0.300. The van der Waals surface area contributed by atoms with Gasteiger partial charge in [-0.15, -0.1) is 0 Å². The lowest BCUT2D eigenvalue weighted by atomic mass is 9.95. The van der Waals surface area contributed by atoms with E-state index in [1.807, 2.05) is 37.3 Å². The number of ether oxygens (including phenoxy) is 2. The zero-order valence-corrected chi connectivity index (χ0v) is 14.9. The van der Waals surface area contributed by atoms with Crippen molar-refractivity contribution in [3.63, 3.8) is 0 Å². The van der Waals surface area contributed by atoms with E-state index in [9.17, 15) is 9.59 Å². The predicted octanol–water partition coefficient (Wildman–Crippen LogP) is 2.97. The number of hydrogen-bond donors (Lipinski definition) is 2. The summed E-state index contributed by atoms with van der Waals surface area (Å²) in [6, 6.07) is 14.5. The van der Waals surface area contributed by atoms with Gasteiger partial charge in [0.2, 0.25) is 5.91 Å². The van der Waals surface area contributed by atoms with Gasteiger partial charge >= 0.3 is 5.97 Å². The maximum atomic E-state index is 12.6. The Morgan fingerprint density at radius 2 is 1.85 bits per heavy atom. The van der Waals surface area contributed by atoms with Crippen LogP contribution in [-0.4, -0.2) is 30.7 Å². The molecule has 2 aromatic rings. The van der Waals surface area contributed by atoms with Crippen LogP contribution in [0.1, 0.15) is 30.4 Å². The quantitative estimate of drug-likeness (QED) is 0.721. The zero-order valence-electron chi connectivity index (χ0n) is 14.9. The van der Waals surface area contributed by atoms with Gasteiger partial charge in [0.1, 0.15) is 11.5 Å². The Morgan fingerprint density at radius 3 is 2.46 bits per heavy atom. The zero-order chi connectivity index (χ0) is 18.9. The van der Waals surface area contributed by atoms with Crippen molar-refractivity contribution in [1.82, 2.24) is 5.32 Å². The van der Waals surface area contributed by atoms with Gasteiger partial charge in [-0.2, -0.15) is 0 Å². The van der Waals surface area contributed by atoms with Crippen LogP contribution in [-0.2, 0) is 16.1 Å². The molecule has 0 spiro atoms. The number of carbonyl (C=O) groups excluding carboxylic acids is 1. The molecule has 0 heterocycles. The van der Waals surface area contributed by atoms with Crippen LogP contribution in [0.3, 0.4) is 0 Å². The highest BCUT2D eigenvalue weighted by atomic mass is 16.5. The van der Waals surface area contributed by atoms with Gasteiger partial charge in [0.05, 0.1) is 13.0 Å². The van der Waals surface area contributed by atoms with E-state index < -0.39 is 12.6 Å². The highest BCUT2D eigenvalue weighted by Crippen LogP contribution is 2.23. The second-order valence-electron chi connectivity index (χ2n) is 5.78. The average molecular weight is 357 g/mol. The molecule has 6 heteroatoms. The monoisotopic (exact) mass is 357 g/mol. The van der Waals surface area contributed by atoms with Gasteiger partial charge in [-0.3, -0.25) is 4.79 Å². The molecule has 0 aliphatic carbocycles. The van der Waals surface area contributed by atoms with Crippen molar-refractivity contribution >= 4 is 11.9 Å². The first kappa shape index (κ1) is 19.3. The smallest absolute Gasteiger partial charge is 0.341 e. The summed E-state index contributed by atoms with van der Waals surface area (Å²) in [4.78, 5) is 23.1. The number of methoxy groups -OCH3 is 1. The largest absolute Gasteiger partial charge is 0.497 e. The number of aliphatic carboxylic acids is 1. The number of nitrogens with one attached hydrogen (secondary N) is 1. The number of carboxylic acids is 1. The highest BCUT2D eigenvalue weighted by molar-refractivity contribution is 5.83. The van der Waals surface area contributed by atoms with Crippen molar-refractivity contribution in [2.75, 3.05) is 13.7 Å². The molecule has 26 heavy (non-hydrogen) atoms. The van der Waals surface area contributed by atoms with Crippen molar-refractivity contribution in [3.8, 4) is 11.5 Å². The van der Waals surface area contributed by atoms with Crippen molar-refractivity contribution < 1.29 is 24.2 Å². The molecule has 2 rings (SSSR count). The van der Waals surface area contributed by atoms with E-state index in [2.05, 4.69) is 5.32 Å². The van der Waals surface area contributed by atoms with Gasteiger partial charge < -0.3 is 19.9 Å². The van der Waals surface area contributed by atoms with Crippen LogP contribution in [0.4, 0.5) is 0 Å². The third-order valence-electron chi connectivity index (χ3n) is 3.97. The fourth-order valence-corrected chi connectivity index (χ4v) is 2.61. The van der Waals surface area contributed by atoms with Gasteiger partial charge in [0.25, 0.3) is 0 Å². The van der Waals surface area contributed by atoms with Gasteiger partial charge in [-0.1, -0.05) is 31.2 Å². The summed E-state index contributed by atoms with van der Waals surface area (Å²) in [5, 5.41) is 11.6. The van der Waals surface area contributed by atoms with Crippen molar-refractivity contribution in [3.05, 3.63) is 59.7 Å². The number of benzene rings is 2. The third kappa shape index (κ3) is 5.51. The summed E-state index contributed by atoms with van der Waals surface area (Å²) in [5.74, 6) is -0.126. The molecule has 0 bridgehead atoms. The average Bonchev–Trinajstić information content (AvgIpc) is 2.66. The number of carbonyl (C=O) groups is 2. The minimum Gasteiger partial charge on any atom is -0.497 e. The van der Waals surface area contributed by atoms with Crippen LogP contribution >= 0.6 is 0 Å². The number of carboxylic acid groups (broad SMARTS) is 1.